The Morgan fingerprint density at radius 1 is 0.439 bits per heavy atom. The minimum Gasteiger partial charge on any atom is -0.456 e. The van der Waals surface area contributed by atoms with Crippen LogP contribution >= 0.6 is 0 Å². The summed E-state index contributed by atoms with van der Waals surface area (Å²) in [5.74, 6) is 1.64. The molecule has 1 heterocycles. The van der Waals surface area contributed by atoms with Crippen LogP contribution in [0.5, 0.6) is 11.5 Å². The first-order valence-electron chi connectivity index (χ1n) is 16.2. The van der Waals surface area contributed by atoms with Gasteiger partial charge in [-0.2, -0.15) is 0 Å². The molecule has 190 valence electrons. The van der Waals surface area contributed by atoms with Gasteiger partial charge in [-0.1, -0.05) is 127 Å². The van der Waals surface area contributed by atoms with E-state index in [2.05, 4.69) is 54.6 Å². The SMILES string of the molecule is [2H]c1c([2H])c([2H])c(-c2c3ccccc3c(-c3ccc4c(c3)-c3cccc5cccc(c35)O4)c3ccc4ccccc4c23)c([2H])c1[2H]. The third kappa shape index (κ3) is 3.24. The van der Waals surface area contributed by atoms with E-state index in [9.17, 15) is 0 Å². The lowest BCUT2D eigenvalue weighted by Crippen LogP contribution is -1.98. The van der Waals surface area contributed by atoms with Crippen molar-refractivity contribution in [2.24, 2.45) is 0 Å². The molecule has 0 spiro atoms. The first-order chi connectivity index (χ1) is 22.4. The number of rotatable bonds is 2. The van der Waals surface area contributed by atoms with Gasteiger partial charge in [0.1, 0.15) is 11.5 Å². The number of fused-ring (bicyclic) bond motifs is 6. The molecule has 0 saturated heterocycles. The Balaban J connectivity index is 1.45. The fraction of sp³-hybridized carbons (Fsp3) is 0. The Kier molecular flexibility index (Phi) is 3.76. The summed E-state index contributed by atoms with van der Waals surface area (Å²) in [5.41, 5.74) is 4.99. The highest BCUT2D eigenvalue weighted by atomic mass is 16.5. The van der Waals surface area contributed by atoms with Crippen LogP contribution in [-0.4, -0.2) is 0 Å². The van der Waals surface area contributed by atoms with Crippen molar-refractivity contribution in [1.82, 2.24) is 0 Å². The molecule has 0 radical (unpaired) electrons. The van der Waals surface area contributed by atoms with Crippen LogP contribution in [0.1, 0.15) is 6.85 Å². The van der Waals surface area contributed by atoms with E-state index in [4.69, 9.17) is 11.6 Å². The standard InChI is InChI=1S/C40H24O/c1-2-11-27(12-3-1)39-31-17-7-6-16-30(31)37(33-22-20-25-10-4-5-15-29(25)40(33)39)28-21-23-35-34(24-28)32-18-8-13-26-14-9-19-36(41-35)38(26)32/h1-24H/i1D,2D,3D,11D,12D. The number of hydrogen-bond acceptors (Lipinski definition) is 1. The Morgan fingerprint density at radius 2 is 1.17 bits per heavy atom. The van der Waals surface area contributed by atoms with Gasteiger partial charge in [-0.15, -0.1) is 0 Å². The first kappa shape index (κ1) is 18.0. The molecule has 9 rings (SSSR count). The lowest BCUT2D eigenvalue weighted by atomic mass is 9.83. The van der Waals surface area contributed by atoms with Crippen molar-refractivity contribution in [2.45, 2.75) is 0 Å². The molecule has 1 nitrogen and oxygen atoms in total. The summed E-state index contributed by atoms with van der Waals surface area (Å²) in [6, 6.07) is 37.5. The highest BCUT2D eigenvalue weighted by molar-refractivity contribution is 6.28. The van der Waals surface area contributed by atoms with Crippen molar-refractivity contribution < 1.29 is 11.6 Å². The van der Waals surface area contributed by atoms with Crippen LogP contribution in [0.2, 0.25) is 0 Å². The summed E-state index contributed by atoms with van der Waals surface area (Å²) in [6.07, 6.45) is 0. The molecule has 1 aliphatic heterocycles. The Labute approximate surface area is 244 Å². The van der Waals surface area contributed by atoms with Gasteiger partial charge in [0, 0.05) is 10.9 Å². The predicted molar refractivity (Wildman–Crippen MR) is 173 cm³/mol. The normalized spacial score (nSPS) is 13.8. The average Bonchev–Trinajstić information content (AvgIpc) is 3.09. The maximum Gasteiger partial charge on any atom is 0.135 e. The van der Waals surface area contributed by atoms with Crippen molar-refractivity contribution >= 4 is 43.1 Å². The smallest absolute Gasteiger partial charge is 0.135 e. The molecule has 0 aromatic heterocycles. The second kappa shape index (κ2) is 8.55. The van der Waals surface area contributed by atoms with E-state index >= 15 is 0 Å². The van der Waals surface area contributed by atoms with E-state index in [1.807, 2.05) is 60.7 Å². The molecular weight excluding hydrogens is 496 g/mol. The quantitative estimate of drug-likeness (QED) is 0.161. The van der Waals surface area contributed by atoms with Gasteiger partial charge in [-0.3, -0.25) is 0 Å². The summed E-state index contributed by atoms with van der Waals surface area (Å²) < 4.78 is 49.7. The summed E-state index contributed by atoms with van der Waals surface area (Å²) in [6.45, 7) is 0. The second-order valence-electron chi connectivity index (χ2n) is 10.5. The van der Waals surface area contributed by atoms with E-state index < -0.39 is 6.04 Å². The highest BCUT2D eigenvalue weighted by Crippen LogP contribution is 2.50. The van der Waals surface area contributed by atoms with E-state index in [1.54, 1.807) is 0 Å². The molecule has 0 amide bonds. The van der Waals surface area contributed by atoms with Gasteiger partial charge in [0.05, 0.1) is 6.85 Å². The first-order valence-corrected chi connectivity index (χ1v) is 13.7. The summed E-state index contributed by atoms with van der Waals surface area (Å²) >= 11 is 0. The Morgan fingerprint density at radius 3 is 2.02 bits per heavy atom. The molecule has 0 bridgehead atoms. The monoisotopic (exact) mass is 525 g/mol. The van der Waals surface area contributed by atoms with E-state index in [1.165, 1.54) is 0 Å². The molecule has 0 fully saturated rings. The molecule has 0 aliphatic carbocycles. The van der Waals surface area contributed by atoms with Gasteiger partial charge in [-0.25, -0.2) is 0 Å². The molecule has 0 saturated carbocycles. The molecule has 0 N–H and O–H groups in total. The van der Waals surface area contributed by atoms with Crippen LogP contribution < -0.4 is 4.74 Å². The van der Waals surface area contributed by atoms with Crippen LogP contribution in [-0.2, 0) is 0 Å². The Hall–Kier alpha value is -5.40. The molecule has 1 heteroatoms. The maximum atomic E-state index is 8.98. The van der Waals surface area contributed by atoms with Crippen molar-refractivity contribution in [3.8, 4) is 44.9 Å². The number of hydrogen-bond donors (Lipinski definition) is 0. The van der Waals surface area contributed by atoms with Crippen molar-refractivity contribution in [1.29, 1.82) is 0 Å². The van der Waals surface area contributed by atoms with Gasteiger partial charge in [0.15, 0.2) is 0 Å². The van der Waals surface area contributed by atoms with E-state index in [0.29, 0.717) is 5.56 Å². The van der Waals surface area contributed by atoms with Crippen LogP contribution in [0.3, 0.4) is 0 Å². The maximum absolute atomic E-state index is 8.98. The summed E-state index contributed by atoms with van der Waals surface area (Å²) in [5, 5.41) is 7.72. The highest BCUT2D eigenvalue weighted by Gasteiger charge is 2.23. The second-order valence-corrected chi connectivity index (χ2v) is 10.5. The minimum absolute atomic E-state index is 0.206. The minimum atomic E-state index is -0.401. The van der Waals surface area contributed by atoms with Gasteiger partial charge in [0.2, 0.25) is 0 Å². The summed E-state index contributed by atoms with van der Waals surface area (Å²) in [4.78, 5) is 0. The topological polar surface area (TPSA) is 9.23 Å². The molecule has 8 aromatic rings. The molecule has 8 aromatic carbocycles. The van der Waals surface area contributed by atoms with Gasteiger partial charge in [0.25, 0.3) is 0 Å². The van der Waals surface area contributed by atoms with Gasteiger partial charge >= 0.3 is 0 Å². The number of benzene rings is 8. The average molecular weight is 526 g/mol. The number of ether oxygens (including phenoxy) is 1. The third-order valence-electron chi connectivity index (χ3n) is 8.31. The van der Waals surface area contributed by atoms with Crippen molar-refractivity contribution in [2.75, 3.05) is 0 Å². The molecule has 0 unspecified atom stereocenters. The zero-order chi connectivity index (χ0) is 31.3. The molecule has 41 heavy (non-hydrogen) atoms. The van der Waals surface area contributed by atoms with Crippen molar-refractivity contribution in [3.05, 3.63) is 145 Å². The molecular formula is C40H24O. The van der Waals surface area contributed by atoms with Gasteiger partial charge in [-0.05, 0) is 83.7 Å². The fourth-order valence-corrected chi connectivity index (χ4v) is 6.61. The van der Waals surface area contributed by atoms with E-state index in [0.717, 1.165) is 76.8 Å². The van der Waals surface area contributed by atoms with Crippen LogP contribution in [0.15, 0.2) is 145 Å². The van der Waals surface area contributed by atoms with Crippen LogP contribution in [0.25, 0.3) is 76.5 Å². The fourth-order valence-electron chi connectivity index (χ4n) is 6.61. The lowest BCUT2D eigenvalue weighted by Gasteiger charge is -2.23. The van der Waals surface area contributed by atoms with E-state index in [-0.39, 0.29) is 29.7 Å². The Bertz CT molecular complexity index is 2590. The molecule has 1 aliphatic rings. The molecule has 0 atom stereocenters. The third-order valence-corrected chi connectivity index (χ3v) is 8.31. The van der Waals surface area contributed by atoms with Crippen LogP contribution in [0, 0.1) is 0 Å². The van der Waals surface area contributed by atoms with Crippen LogP contribution in [0.4, 0.5) is 0 Å². The lowest BCUT2D eigenvalue weighted by molar-refractivity contribution is 0.487. The zero-order valence-corrected chi connectivity index (χ0v) is 21.9. The van der Waals surface area contributed by atoms with Crippen molar-refractivity contribution in [3.63, 3.8) is 0 Å². The largest absolute Gasteiger partial charge is 0.456 e. The summed E-state index contributed by atoms with van der Waals surface area (Å²) in [7, 11) is 0. The zero-order valence-electron chi connectivity index (χ0n) is 26.9. The predicted octanol–water partition coefficient (Wildman–Crippen LogP) is 11.4. The van der Waals surface area contributed by atoms with Gasteiger partial charge < -0.3 is 4.74 Å².